The fourth-order valence-corrected chi connectivity index (χ4v) is 1.56. The van der Waals surface area contributed by atoms with Crippen molar-refractivity contribution in [3.8, 4) is 0 Å². The number of carbonyl (C=O) groups is 1. The van der Waals surface area contributed by atoms with Crippen LogP contribution in [0.25, 0.3) is 0 Å². The molecule has 1 amide bonds. The third-order valence-electron chi connectivity index (χ3n) is 2.09. The Morgan fingerprint density at radius 2 is 1.94 bits per heavy atom. The van der Waals surface area contributed by atoms with Crippen LogP contribution in [0, 0.1) is 5.92 Å². The van der Waals surface area contributed by atoms with Crippen LogP contribution in [0.3, 0.4) is 0 Å². The molecule has 96 valence electrons. The van der Waals surface area contributed by atoms with Crippen LogP contribution in [0.4, 0.5) is 0 Å². The Hall–Kier alpha value is -0.610. The van der Waals surface area contributed by atoms with E-state index < -0.39 is 0 Å². The van der Waals surface area contributed by atoms with E-state index in [0.29, 0.717) is 12.5 Å². The Morgan fingerprint density at radius 3 is 2.31 bits per heavy atom. The summed E-state index contributed by atoms with van der Waals surface area (Å²) in [5, 5.41) is 3.41. The highest BCUT2D eigenvalue weighted by molar-refractivity contribution is 5.75. The third kappa shape index (κ3) is 9.93. The number of nitrogens with one attached hydrogen (secondary N) is 1. The summed E-state index contributed by atoms with van der Waals surface area (Å²) in [4.78, 5) is 13.0. The zero-order chi connectivity index (χ0) is 12.8. The van der Waals surface area contributed by atoms with Crippen molar-refractivity contribution in [2.24, 2.45) is 11.7 Å². The highest BCUT2D eigenvalue weighted by Crippen LogP contribution is 2.00. The van der Waals surface area contributed by atoms with Crippen LogP contribution in [-0.4, -0.2) is 42.5 Å². The predicted octanol–water partition coefficient (Wildman–Crippen LogP) is 0.818. The van der Waals surface area contributed by atoms with Crippen LogP contribution in [0.15, 0.2) is 0 Å². The Labute approximate surface area is 99.6 Å². The van der Waals surface area contributed by atoms with Gasteiger partial charge in [0, 0.05) is 25.2 Å². The zero-order valence-electron chi connectivity index (χ0n) is 11.3. The number of nitrogens with zero attached hydrogens (tertiary/aromatic N) is 1. The Kier molecular flexibility index (Phi) is 6.60. The molecule has 0 aliphatic heterocycles. The second kappa shape index (κ2) is 6.86. The quantitative estimate of drug-likeness (QED) is 0.679. The van der Waals surface area contributed by atoms with Crippen molar-refractivity contribution in [2.45, 2.75) is 40.2 Å². The van der Waals surface area contributed by atoms with E-state index in [1.54, 1.807) is 0 Å². The molecule has 4 heteroatoms. The van der Waals surface area contributed by atoms with Crippen LogP contribution in [0.5, 0.6) is 0 Å². The molecule has 0 saturated carbocycles. The summed E-state index contributed by atoms with van der Waals surface area (Å²) in [5.41, 5.74) is 5.35. The van der Waals surface area contributed by atoms with Crippen molar-refractivity contribution < 1.29 is 4.79 Å². The molecule has 0 aliphatic rings. The second-order valence-electron chi connectivity index (χ2n) is 5.77. The first-order chi connectivity index (χ1) is 7.20. The summed E-state index contributed by atoms with van der Waals surface area (Å²) < 4.78 is 0. The van der Waals surface area contributed by atoms with E-state index in [0.717, 1.165) is 19.6 Å². The van der Waals surface area contributed by atoms with E-state index in [9.17, 15) is 4.79 Å². The lowest BCUT2D eigenvalue weighted by molar-refractivity contribution is -0.119. The third-order valence-corrected chi connectivity index (χ3v) is 2.09. The maximum atomic E-state index is 10.9. The maximum absolute atomic E-state index is 10.9. The topological polar surface area (TPSA) is 58.4 Å². The minimum atomic E-state index is -0.253. The standard InChI is InChI=1S/C12H27N3O/c1-10(2)8-15(9-11(13)16)7-6-14-12(3,4)5/h10,14H,6-9H2,1-5H3,(H2,13,16). The largest absolute Gasteiger partial charge is 0.369 e. The van der Waals surface area contributed by atoms with Gasteiger partial charge in [0.2, 0.25) is 5.91 Å². The first-order valence-corrected chi connectivity index (χ1v) is 5.96. The highest BCUT2D eigenvalue weighted by Gasteiger charge is 2.12. The van der Waals surface area contributed by atoms with Crippen LogP contribution in [0.1, 0.15) is 34.6 Å². The van der Waals surface area contributed by atoms with Gasteiger partial charge in [-0.15, -0.1) is 0 Å². The van der Waals surface area contributed by atoms with Crippen LogP contribution in [0.2, 0.25) is 0 Å². The molecule has 0 rings (SSSR count). The lowest BCUT2D eigenvalue weighted by Crippen LogP contribution is -2.44. The first-order valence-electron chi connectivity index (χ1n) is 5.96. The van der Waals surface area contributed by atoms with Gasteiger partial charge in [0.05, 0.1) is 6.54 Å². The van der Waals surface area contributed by atoms with Crippen molar-refractivity contribution in [1.82, 2.24) is 10.2 Å². The number of primary amides is 1. The molecule has 0 spiro atoms. The molecule has 0 aromatic rings. The summed E-state index contributed by atoms with van der Waals surface area (Å²) in [5.74, 6) is 0.297. The molecule has 0 aromatic carbocycles. The molecule has 0 fully saturated rings. The molecule has 0 unspecified atom stereocenters. The van der Waals surface area contributed by atoms with Crippen molar-refractivity contribution in [1.29, 1.82) is 0 Å². The smallest absolute Gasteiger partial charge is 0.231 e. The van der Waals surface area contributed by atoms with E-state index in [-0.39, 0.29) is 11.4 Å². The predicted molar refractivity (Wildman–Crippen MR) is 68.2 cm³/mol. The lowest BCUT2D eigenvalue weighted by Gasteiger charge is -2.26. The van der Waals surface area contributed by atoms with Gasteiger partial charge in [-0.3, -0.25) is 9.69 Å². The number of nitrogens with two attached hydrogens (primary N) is 1. The van der Waals surface area contributed by atoms with Crippen LogP contribution < -0.4 is 11.1 Å². The average Bonchev–Trinajstić information content (AvgIpc) is 1.98. The van der Waals surface area contributed by atoms with Gasteiger partial charge in [-0.2, -0.15) is 0 Å². The first kappa shape index (κ1) is 15.4. The molecule has 0 bridgehead atoms. The van der Waals surface area contributed by atoms with Crippen molar-refractivity contribution in [3.63, 3.8) is 0 Å². The van der Waals surface area contributed by atoms with Gasteiger partial charge in [-0.1, -0.05) is 13.8 Å². The minimum Gasteiger partial charge on any atom is -0.369 e. The second-order valence-corrected chi connectivity index (χ2v) is 5.77. The van der Waals surface area contributed by atoms with Gasteiger partial charge >= 0.3 is 0 Å². The van der Waals surface area contributed by atoms with E-state index in [2.05, 4.69) is 44.8 Å². The minimum absolute atomic E-state index is 0.121. The summed E-state index contributed by atoms with van der Waals surface area (Å²) in [7, 11) is 0. The maximum Gasteiger partial charge on any atom is 0.231 e. The van der Waals surface area contributed by atoms with Crippen molar-refractivity contribution in [3.05, 3.63) is 0 Å². The van der Waals surface area contributed by atoms with E-state index in [1.807, 2.05) is 0 Å². The Balaban J connectivity index is 3.96. The van der Waals surface area contributed by atoms with Gasteiger partial charge in [-0.25, -0.2) is 0 Å². The Morgan fingerprint density at radius 1 is 1.38 bits per heavy atom. The number of hydrogen-bond acceptors (Lipinski definition) is 3. The summed E-state index contributed by atoms with van der Waals surface area (Å²) >= 11 is 0. The summed E-state index contributed by atoms with van der Waals surface area (Å²) in [6.45, 7) is 13.7. The molecular weight excluding hydrogens is 202 g/mol. The molecule has 0 aliphatic carbocycles. The average molecular weight is 229 g/mol. The van der Waals surface area contributed by atoms with Gasteiger partial charge in [0.25, 0.3) is 0 Å². The molecule has 0 saturated heterocycles. The van der Waals surface area contributed by atoms with Crippen LogP contribution >= 0.6 is 0 Å². The van der Waals surface area contributed by atoms with Gasteiger partial charge in [0.1, 0.15) is 0 Å². The Bertz CT molecular complexity index is 209. The SMILES string of the molecule is CC(C)CN(CCNC(C)(C)C)CC(N)=O. The molecule has 4 nitrogen and oxygen atoms in total. The van der Waals surface area contributed by atoms with E-state index in [4.69, 9.17) is 5.73 Å². The number of hydrogen-bond donors (Lipinski definition) is 2. The van der Waals surface area contributed by atoms with Gasteiger partial charge in [-0.05, 0) is 26.7 Å². The molecule has 0 radical (unpaired) electrons. The van der Waals surface area contributed by atoms with E-state index >= 15 is 0 Å². The van der Waals surface area contributed by atoms with Crippen molar-refractivity contribution >= 4 is 5.91 Å². The van der Waals surface area contributed by atoms with E-state index in [1.165, 1.54) is 0 Å². The normalized spacial score (nSPS) is 12.4. The monoisotopic (exact) mass is 229 g/mol. The van der Waals surface area contributed by atoms with Gasteiger partial charge < -0.3 is 11.1 Å². The molecule has 16 heavy (non-hydrogen) atoms. The highest BCUT2D eigenvalue weighted by atomic mass is 16.1. The van der Waals surface area contributed by atoms with Gasteiger partial charge in [0.15, 0.2) is 0 Å². The molecule has 3 N–H and O–H groups in total. The number of rotatable bonds is 7. The van der Waals surface area contributed by atoms with Crippen molar-refractivity contribution in [2.75, 3.05) is 26.2 Å². The summed E-state index contributed by atoms with van der Waals surface area (Å²) in [6, 6.07) is 0. The molecule has 0 heterocycles. The number of carbonyl (C=O) groups excluding carboxylic acids is 1. The fourth-order valence-electron chi connectivity index (χ4n) is 1.56. The molecule has 0 aromatic heterocycles. The summed E-state index contributed by atoms with van der Waals surface area (Å²) in [6.07, 6.45) is 0. The zero-order valence-corrected chi connectivity index (χ0v) is 11.3. The lowest BCUT2D eigenvalue weighted by atomic mass is 10.1. The fraction of sp³-hybridized carbons (Fsp3) is 0.917. The number of amides is 1. The molecular formula is C12H27N3O. The molecule has 0 atom stereocenters. The van der Waals surface area contributed by atoms with Crippen LogP contribution in [-0.2, 0) is 4.79 Å².